The summed E-state index contributed by atoms with van der Waals surface area (Å²) in [6.07, 6.45) is 0. The van der Waals surface area contributed by atoms with E-state index in [1.807, 2.05) is 18.2 Å². The van der Waals surface area contributed by atoms with Gasteiger partial charge in [-0.25, -0.2) is 4.79 Å². The Morgan fingerprint density at radius 2 is 2.28 bits per heavy atom. The number of ether oxygens (including phenoxy) is 2. The first-order valence-electron chi connectivity index (χ1n) is 6.22. The van der Waals surface area contributed by atoms with Crippen molar-refractivity contribution in [3.8, 4) is 0 Å². The molecule has 18 heavy (non-hydrogen) atoms. The Bertz CT molecular complexity index is 427. The highest BCUT2D eigenvalue weighted by atomic mass is 16.5. The maximum Gasteiger partial charge on any atom is 0.338 e. The standard InChI is InChI=1S/C14H19NO3/c1-3-18-13(16)11-5-4-6-12(7-11)15-8-14(2)9-17-10-14/h4-7,15H,3,8-10H2,1-2H3. The molecule has 0 atom stereocenters. The zero-order chi connectivity index (χ0) is 13.0. The Hall–Kier alpha value is -1.55. The number of rotatable bonds is 5. The van der Waals surface area contributed by atoms with Crippen LogP contribution in [0.4, 0.5) is 5.69 Å². The van der Waals surface area contributed by atoms with Crippen molar-refractivity contribution in [2.45, 2.75) is 13.8 Å². The molecule has 4 heteroatoms. The molecule has 1 saturated heterocycles. The maximum atomic E-state index is 11.6. The van der Waals surface area contributed by atoms with E-state index >= 15 is 0 Å². The van der Waals surface area contributed by atoms with Crippen LogP contribution in [0.5, 0.6) is 0 Å². The van der Waals surface area contributed by atoms with E-state index in [-0.39, 0.29) is 11.4 Å². The molecule has 1 N–H and O–H groups in total. The first-order valence-corrected chi connectivity index (χ1v) is 6.22. The van der Waals surface area contributed by atoms with E-state index < -0.39 is 0 Å². The third-order valence-corrected chi connectivity index (χ3v) is 2.99. The van der Waals surface area contributed by atoms with Crippen molar-refractivity contribution in [2.24, 2.45) is 5.41 Å². The van der Waals surface area contributed by atoms with Gasteiger partial charge in [-0.1, -0.05) is 13.0 Å². The van der Waals surface area contributed by atoms with E-state index in [1.54, 1.807) is 13.0 Å². The Morgan fingerprint density at radius 3 is 2.89 bits per heavy atom. The second-order valence-corrected chi connectivity index (χ2v) is 4.96. The highest BCUT2D eigenvalue weighted by Gasteiger charge is 2.32. The van der Waals surface area contributed by atoms with Gasteiger partial charge in [-0.2, -0.15) is 0 Å². The second-order valence-electron chi connectivity index (χ2n) is 4.96. The fourth-order valence-corrected chi connectivity index (χ4v) is 1.84. The topological polar surface area (TPSA) is 47.6 Å². The zero-order valence-corrected chi connectivity index (χ0v) is 10.9. The van der Waals surface area contributed by atoms with Crippen LogP contribution in [0.1, 0.15) is 24.2 Å². The largest absolute Gasteiger partial charge is 0.462 e. The number of hydrogen-bond donors (Lipinski definition) is 1. The predicted molar refractivity (Wildman–Crippen MR) is 69.8 cm³/mol. The predicted octanol–water partition coefficient (Wildman–Crippen LogP) is 2.31. The van der Waals surface area contributed by atoms with Crippen LogP contribution in [0.2, 0.25) is 0 Å². The lowest BCUT2D eigenvalue weighted by Gasteiger charge is -2.38. The first-order chi connectivity index (χ1) is 8.63. The average molecular weight is 249 g/mol. The lowest BCUT2D eigenvalue weighted by Crippen LogP contribution is -2.45. The van der Waals surface area contributed by atoms with Gasteiger partial charge in [-0.15, -0.1) is 0 Å². The number of carbonyl (C=O) groups excluding carboxylic acids is 1. The molecule has 1 aromatic carbocycles. The fraction of sp³-hybridized carbons (Fsp3) is 0.500. The number of carbonyl (C=O) groups is 1. The number of esters is 1. The average Bonchev–Trinajstić information content (AvgIpc) is 2.35. The highest BCUT2D eigenvalue weighted by molar-refractivity contribution is 5.90. The highest BCUT2D eigenvalue weighted by Crippen LogP contribution is 2.26. The molecule has 1 aromatic rings. The molecule has 98 valence electrons. The van der Waals surface area contributed by atoms with Crippen LogP contribution in [0.15, 0.2) is 24.3 Å². The fourth-order valence-electron chi connectivity index (χ4n) is 1.84. The first kappa shape index (κ1) is 12.9. The molecule has 0 saturated carbocycles. The summed E-state index contributed by atoms with van der Waals surface area (Å²) in [6.45, 7) is 6.80. The Labute approximate surface area is 107 Å². The minimum absolute atomic E-state index is 0.208. The van der Waals surface area contributed by atoms with Crippen LogP contribution < -0.4 is 5.32 Å². The third-order valence-electron chi connectivity index (χ3n) is 2.99. The molecule has 1 fully saturated rings. The van der Waals surface area contributed by atoms with Crippen molar-refractivity contribution in [1.29, 1.82) is 0 Å². The Balaban J connectivity index is 1.96. The van der Waals surface area contributed by atoms with Gasteiger partial charge in [0, 0.05) is 17.6 Å². The van der Waals surface area contributed by atoms with Gasteiger partial charge in [-0.05, 0) is 25.1 Å². The maximum absolute atomic E-state index is 11.6. The second kappa shape index (κ2) is 5.40. The molecule has 0 amide bonds. The van der Waals surface area contributed by atoms with E-state index in [2.05, 4.69) is 12.2 Å². The van der Waals surface area contributed by atoms with Gasteiger partial charge in [0.2, 0.25) is 0 Å². The molecule has 0 aromatic heterocycles. The normalized spacial score (nSPS) is 16.8. The smallest absolute Gasteiger partial charge is 0.338 e. The number of benzene rings is 1. The summed E-state index contributed by atoms with van der Waals surface area (Å²) in [7, 11) is 0. The van der Waals surface area contributed by atoms with E-state index in [0.29, 0.717) is 12.2 Å². The van der Waals surface area contributed by atoms with Crippen molar-refractivity contribution in [2.75, 3.05) is 31.7 Å². The summed E-state index contributed by atoms with van der Waals surface area (Å²) in [5.41, 5.74) is 1.73. The lowest BCUT2D eigenvalue weighted by molar-refractivity contribution is -0.0924. The van der Waals surface area contributed by atoms with E-state index in [4.69, 9.17) is 9.47 Å². The molecule has 2 rings (SSSR count). The van der Waals surface area contributed by atoms with Crippen LogP contribution in [0.25, 0.3) is 0 Å². The van der Waals surface area contributed by atoms with Crippen LogP contribution in [0.3, 0.4) is 0 Å². The SMILES string of the molecule is CCOC(=O)c1cccc(NCC2(C)COC2)c1. The molecule has 0 spiro atoms. The van der Waals surface area contributed by atoms with Crippen molar-refractivity contribution >= 4 is 11.7 Å². The number of anilines is 1. The molecule has 1 aliphatic rings. The van der Waals surface area contributed by atoms with Gasteiger partial charge in [0.1, 0.15) is 0 Å². The minimum Gasteiger partial charge on any atom is -0.462 e. The molecular weight excluding hydrogens is 230 g/mol. The monoisotopic (exact) mass is 249 g/mol. The quantitative estimate of drug-likeness (QED) is 0.813. The molecule has 1 heterocycles. The van der Waals surface area contributed by atoms with E-state index in [1.165, 1.54) is 0 Å². The van der Waals surface area contributed by atoms with Gasteiger partial charge >= 0.3 is 5.97 Å². The molecule has 0 bridgehead atoms. The molecule has 1 aliphatic heterocycles. The third kappa shape index (κ3) is 3.01. The van der Waals surface area contributed by atoms with Gasteiger partial charge in [-0.3, -0.25) is 0 Å². The summed E-state index contributed by atoms with van der Waals surface area (Å²) in [5.74, 6) is -0.278. The molecular formula is C14H19NO3. The Kier molecular flexibility index (Phi) is 3.87. The van der Waals surface area contributed by atoms with Gasteiger partial charge in [0.15, 0.2) is 0 Å². The van der Waals surface area contributed by atoms with Crippen molar-refractivity contribution in [1.82, 2.24) is 0 Å². The Morgan fingerprint density at radius 1 is 1.50 bits per heavy atom. The van der Waals surface area contributed by atoms with Crippen LogP contribution >= 0.6 is 0 Å². The van der Waals surface area contributed by atoms with E-state index in [0.717, 1.165) is 25.4 Å². The summed E-state index contributed by atoms with van der Waals surface area (Å²) in [4.78, 5) is 11.6. The lowest BCUT2D eigenvalue weighted by atomic mass is 9.88. The van der Waals surface area contributed by atoms with Gasteiger partial charge < -0.3 is 14.8 Å². The van der Waals surface area contributed by atoms with E-state index in [9.17, 15) is 4.79 Å². The van der Waals surface area contributed by atoms with Crippen molar-refractivity contribution in [3.63, 3.8) is 0 Å². The van der Waals surface area contributed by atoms with Gasteiger partial charge in [0.05, 0.1) is 25.4 Å². The van der Waals surface area contributed by atoms with Crippen LogP contribution in [-0.4, -0.2) is 32.3 Å². The summed E-state index contributed by atoms with van der Waals surface area (Å²) in [6, 6.07) is 7.39. The number of hydrogen-bond acceptors (Lipinski definition) is 4. The number of nitrogens with one attached hydrogen (secondary N) is 1. The van der Waals surface area contributed by atoms with Crippen molar-refractivity contribution in [3.05, 3.63) is 29.8 Å². The molecule has 0 unspecified atom stereocenters. The molecule has 4 nitrogen and oxygen atoms in total. The summed E-state index contributed by atoms with van der Waals surface area (Å²) >= 11 is 0. The summed E-state index contributed by atoms with van der Waals surface area (Å²) < 4.78 is 10.2. The van der Waals surface area contributed by atoms with Crippen molar-refractivity contribution < 1.29 is 14.3 Å². The zero-order valence-electron chi connectivity index (χ0n) is 10.9. The molecule has 0 aliphatic carbocycles. The van der Waals surface area contributed by atoms with Crippen LogP contribution in [0, 0.1) is 5.41 Å². The molecule has 0 radical (unpaired) electrons. The van der Waals surface area contributed by atoms with Crippen LogP contribution in [-0.2, 0) is 9.47 Å². The minimum atomic E-state index is -0.278. The summed E-state index contributed by atoms with van der Waals surface area (Å²) in [5, 5.41) is 3.34. The van der Waals surface area contributed by atoms with Gasteiger partial charge in [0.25, 0.3) is 0 Å².